The van der Waals surface area contributed by atoms with E-state index in [9.17, 15) is 0 Å². The van der Waals surface area contributed by atoms with Crippen LogP contribution in [0.2, 0.25) is 35.2 Å². The molecule has 3 rings (SSSR count). The van der Waals surface area contributed by atoms with Crippen molar-refractivity contribution >= 4 is 81.2 Å². The third kappa shape index (κ3) is 2.42. The Morgan fingerprint density at radius 1 is 0.524 bits per heavy atom. The van der Waals surface area contributed by atoms with Gasteiger partial charge in [-0.05, 0) is 0 Å². The van der Waals surface area contributed by atoms with Gasteiger partial charge in [-0.1, -0.05) is 81.2 Å². The third-order valence-corrected chi connectivity index (χ3v) is 5.69. The Morgan fingerprint density at radius 2 is 1.00 bits per heavy atom. The molecular weight excluding hydrogens is 424 g/mol. The van der Waals surface area contributed by atoms with Crippen LogP contribution in [-0.2, 0) is 0 Å². The van der Waals surface area contributed by atoms with Crippen LogP contribution in [0.1, 0.15) is 0 Å². The molecule has 2 aromatic rings. The number of hydrogen-bond donors (Lipinski definition) is 0. The summed E-state index contributed by atoms with van der Waals surface area (Å²) in [5.41, 5.74) is 0. The van der Waals surface area contributed by atoms with Crippen molar-refractivity contribution in [1.82, 2.24) is 0 Å². The molecule has 0 aromatic heterocycles. The van der Waals surface area contributed by atoms with Crippen molar-refractivity contribution < 1.29 is 9.47 Å². The normalized spacial score (nSPS) is 12.3. The monoisotopic (exact) mass is 422 g/mol. The van der Waals surface area contributed by atoms with Gasteiger partial charge in [0.1, 0.15) is 15.1 Å². The summed E-state index contributed by atoms with van der Waals surface area (Å²) in [5, 5.41) is 0.637. The van der Waals surface area contributed by atoms with Crippen LogP contribution in [0.15, 0.2) is 6.07 Å². The maximum Gasteiger partial charge on any atom is 0.191 e. The summed E-state index contributed by atoms with van der Waals surface area (Å²) in [5.74, 6) is 0.620. The average molecular weight is 425 g/mol. The van der Waals surface area contributed by atoms with Gasteiger partial charge in [-0.3, -0.25) is 0 Å². The van der Waals surface area contributed by atoms with Gasteiger partial charge in [0.05, 0.1) is 20.1 Å². The van der Waals surface area contributed by atoms with E-state index in [1.807, 2.05) is 0 Å². The number of rotatable bonds is 0. The van der Waals surface area contributed by atoms with Crippen molar-refractivity contribution in [3.63, 3.8) is 0 Å². The van der Waals surface area contributed by atoms with Crippen molar-refractivity contribution in [1.29, 1.82) is 0 Å². The summed E-state index contributed by atoms with van der Waals surface area (Å²) in [6.45, 7) is 0. The molecule has 0 amide bonds. The third-order valence-electron chi connectivity index (χ3n) is 2.68. The Bertz CT molecular complexity index is 788. The number of hydrogen-bond acceptors (Lipinski definition) is 2. The highest BCUT2D eigenvalue weighted by Gasteiger charge is 2.31. The maximum atomic E-state index is 6.10. The van der Waals surface area contributed by atoms with Crippen LogP contribution in [0.5, 0.6) is 23.0 Å². The summed E-state index contributed by atoms with van der Waals surface area (Å²) in [7, 11) is 0. The first-order valence-electron chi connectivity index (χ1n) is 5.22. The molecule has 0 N–H and O–H groups in total. The van der Waals surface area contributed by atoms with Crippen LogP contribution in [0.4, 0.5) is 0 Å². The zero-order chi connectivity index (χ0) is 15.5. The van der Waals surface area contributed by atoms with Gasteiger partial charge >= 0.3 is 0 Å². The predicted octanol–water partition coefficient (Wildman–Crippen LogP) is 8.16. The van der Waals surface area contributed by atoms with E-state index in [0.29, 0.717) is 0 Å². The Kier molecular flexibility index (Phi) is 4.26. The smallest absolute Gasteiger partial charge is 0.191 e. The van der Waals surface area contributed by atoms with E-state index in [1.54, 1.807) is 0 Å². The number of fused-ring (bicyclic) bond motifs is 2. The van der Waals surface area contributed by atoms with Gasteiger partial charge in [0.2, 0.25) is 0 Å². The average Bonchev–Trinajstić information content (AvgIpc) is 2.47. The van der Waals surface area contributed by atoms with Crippen LogP contribution in [0, 0.1) is 0 Å². The minimum atomic E-state index is 0.0466. The van der Waals surface area contributed by atoms with E-state index in [4.69, 9.17) is 90.7 Å². The van der Waals surface area contributed by atoms with Crippen LogP contribution < -0.4 is 9.47 Å². The highest BCUT2D eigenvalue weighted by Crippen LogP contribution is 2.59. The number of halogens is 7. The molecule has 0 saturated heterocycles. The second-order valence-corrected chi connectivity index (χ2v) is 6.61. The van der Waals surface area contributed by atoms with Gasteiger partial charge < -0.3 is 9.47 Å². The molecule has 0 bridgehead atoms. The molecule has 21 heavy (non-hydrogen) atoms. The molecule has 0 fully saturated rings. The largest absolute Gasteiger partial charge is 0.448 e. The first kappa shape index (κ1) is 15.9. The van der Waals surface area contributed by atoms with Crippen LogP contribution in [0.3, 0.4) is 0 Å². The molecule has 1 aliphatic heterocycles. The van der Waals surface area contributed by atoms with Gasteiger partial charge in [0, 0.05) is 6.07 Å². The Morgan fingerprint density at radius 3 is 1.57 bits per heavy atom. The molecule has 1 heterocycles. The van der Waals surface area contributed by atoms with Crippen molar-refractivity contribution in [2.45, 2.75) is 0 Å². The van der Waals surface area contributed by atoms with Crippen molar-refractivity contribution in [3.05, 3.63) is 41.2 Å². The fourth-order valence-corrected chi connectivity index (χ4v) is 3.22. The van der Waals surface area contributed by atoms with Crippen LogP contribution >= 0.6 is 81.2 Å². The number of ether oxygens (including phenoxy) is 2. The minimum absolute atomic E-state index is 0.0466. The fraction of sp³-hybridized carbons (Fsp3) is 0. The first-order chi connectivity index (χ1) is 9.82. The molecule has 0 saturated carbocycles. The second-order valence-electron chi connectivity index (χ2n) is 3.93. The van der Waals surface area contributed by atoms with Crippen molar-refractivity contribution in [2.75, 3.05) is 0 Å². The molecule has 2 nitrogen and oxygen atoms in total. The van der Waals surface area contributed by atoms with Crippen LogP contribution in [-0.4, -0.2) is 0 Å². The lowest BCUT2D eigenvalue weighted by Gasteiger charge is -2.24. The Hall–Kier alpha value is 0.0700. The predicted molar refractivity (Wildman–Crippen MR) is 88.1 cm³/mol. The molecule has 0 radical (unpaired) electrons. The molecule has 2 aromatic carbocycles. The Balaban J connectivity index is 2.27. The van der Waals surface area contributed by atoms with Crippen molar-refractivity contribution in [3.8, 4) is 23.0 Å². The minimum Gasteiger partial charge on any atom is -0.448 e. The molecule has 9 heteroatoms. The summed E-state index contributed by atoms with van der Waals surface area (Å²) in [6.07, 6.45) is 0. The van der Waals surface area contributed by atoms with E-state index >= 15 is 0 Å². The van der Waals surface area contributed by atoms with E-state index in [1.165, 1.54) is 6.07 Å². The van der Waals surface area contributed by atoms with E-state index in [2.05, 4.69) is 0 Å². The lowest BCUT2D eigenvalue weighted by molar-refractivity contribution is 0.360. The van der Waals surface area contributed by atoms with Gasteiger partial charge in [-0.2, -0.15) is 0 Å². The zero-order valence-corrected chi connectivity index (χ0v) is 14.8. The van der Waals surface area contributed by atoms with Gasteiger partial charge in [0.15, 0.2) is 23.0 Å². The summed E-state index contributed by atoms with van der Waals surface area (Å²) >= 11 is 42.1. The molecule has 110 valence electrons. The van der Waals surface area contributed by atoms with Gasteiger partial charge in [0.25, 0.3) is 0 Å². The van der Waals surface area contributed by atoms with Crippen LogP contribution in [0.25, 0.3) is 0 Å². The zero-order valence-electron chi connectivity index (χ0n) is 9.54. The van der Waals surface area contributed by atoms with Gasteiger partial charge in [-0.25, -0.2) is 0 Å². The topological polar surface area (TPSA) is 18.5 Å². The lowest BCUT2D eigenvalue weighted by Crippen LogP contribution is -2.02. The van der Waals surface area contributed by atoms with E-state index in [0.717, 1.165) is 0 Å². The lowest BCUT2D eigenvalue weighted by atomic mass is 10.2. The second kappa shape index (κ2) is 5.61. The van der Waals surface area contributed by atoms with E-state index < -0.39 is 0 Å². The molecule has 1 aliphatic rings. The molecule has 0 spiro atoms. The highest BCUT2D eigenvalue weighted by molar-refractivity contribution is 6.53. The highest BCUT2D eigenvalue weighted by atomic mass is 35.5. The molecular formula is C12HCl7O2. The summed E-state index contributed by atoms with van der Waals surface area (Å²) < 4.78 is 11.3. The first-order valence-corrected chi connectivity index (χ1v) is 7.86. The fourth-order valence-electron chi connectivity index (χ4n) is 1.71. The molecule has 0 atom stereocenters. The van der Waals surface area contributed by atoms with E-state index in [-0.39, 0.29) is 58.2 Å². The standard InChI is InChI=1S/C12HCl7O2/c13-2-1-3-10(7(17)4(2)14)21-12-9(19)6(16)5(15)8(18)11(12)20-3/h1H. The number of benzene rings is 2. The summed E-state index contributed by atoms with van der Waals surface area (Å²) in [6, 6.07) is 1.45. The molecule has 0 aliphatic carbocycles. The maximum absolute atomic E-state index is 6.10. The molecule has 0 unspecified atom stereocenters. The SMILES string of the molecule is Clc1cc2c(c(Cl)c1Cl)Oc1c(Cl)c(Cl)c(Cl)c(Cl)c1O2. The van der Waals surface area contributed by atoms with Gasteiger partial charge in [-0.15, -0.1) is 0 Å². The van der Waals surface area contributed by atoms with Crippen molar-refractivity contribution in [2.24, 2.45) is 0 Å². The summed E-state index contributed by atoms with van der Waals surface area (Å²) in [4.78, 5) is 0. The Labute approximate surface area is 154 Å². The quantitative estimate of drug-likeness (QED) is 0.267.